The molecule has 1 unspecified atom stereocenters. The van der Waals surface area contributed by atoms with E-state index >= 15 is 0 Å². The molecule has 0 saturated carbocycles. The van der Waals surface area contributed by atoms with E-state index in [0.717, 1.165) is 5.84 Å². The molecule has 4 heteroatoms. The lowest BCUT2D eigenvalue weighted by atomic mass is 10.2. The summed E-state index contributed by atoms with van der Waals surface area (Å²) in [5, 5.41) is 5.99. The summed E-state index contributed by atoms with van der Waals surface area (Å²) in [6.07, 6.45) is 0. The Hall–Kier alpha value is -0.900. The number of carbonyl (C=O) groups excluding carboxylic acids is 1. The number of ketones is 1. The third-order valence-corrected chi connectivity index (χ3v) is 1.64. The van der Waals surface area contributed by atoms with E-state index in [4.69, 9.17) is 0 Å². The largest absolute Gasteiger partial charge is 0.361 e. The summed E-state index contributed by atoms with van der Waals surface area (Å²) < 4.78 is 0. The number of aliphatic imine (C=N–C) groups is 1. The molecule has 0 saturated heterocycles. The molecule has 0 spiro atoms. The Morgan fingerprint density at radius 3 is 3.09 bits per heavy atom. The van der Waals surface area contributed by atoms with Crippen LogP contribution in [0.1, 0.15) is 6.92 Å². The number of Topliss-reactive ketones (excluding diaryl/α,β-unsaturated/α-hetero) is 1. The molecule has 1 aliphatic rings. The van der Waals surface area contributed by atoms with Crippen LogP contribution in [-0.4, -0.2) is 37.8 Å². The fourth-order valence-corrected chi connectivity index (χ4v) is 0.998. The van der Waals surface area contributed by atoms with Gasteiger partial charge in [0.25, 0.3) is 0 Å². The van der Waals surface area contributed by atoms with Gasteiger partial charge in [0.1, 0.15) is 11.9 Å². The Morgan fingerprint density at radius 2 is 2.64 bits per heavy atom. The van der Waals surface area contributed by atoms with Crippen LogP contribution < -0.4 is 10.6 Å². The maximum Gasteiger partial charge on any atom is 0.153 e. The Bertz CT molecular complexity index is 188. The number of hydrogen-bond acceptors (Lipinski definition) is 4. The molecule has 62 valence electrons. The number of rotatable bonds is 3. The number of amidine groups is 1. The van der Waals surface area contributed by atoms with E-state index in [1.807, 2.05) is 7.05 Å². The molecule has 0 aromatic heterocycles. The van der Waals surface area contributed by atoms with Crippen molar-refractivity contribution in [1.29, 1.82) is 0 Å². The molecule has 2 N–H and O–H groups in total. The van der Waals surface area contributed by atoms with Crippen LogP contribution in [0, 0.1) is 0 Å². The lowest BCUT2D eigenvalue weighted by Gasteiger charge is -2.06. The predicted octanol–water partition coefficient (Wildman–Crippen LogP) is -0.835. The molecule has 11 heavy (non-hydrogen) atoms. The molecule has 0 amide bonds. The van der Waals surface area contributed by atoms with Gasteiger partial charge in [-0.2, -0.15) is 0 Å². The van der Waals surface area contributed by atoms with E-state index in [0.29, 0.717) is 13.1 Å². The molecule has 0 aromatic carbocycles. The molecule has 0 aliphatic carbocycles. The van der Waals surface area contributed by atoms with Crippen LogP contribution >= 0.6 is 0 Å². The zero-order valence-corrected chi connectivity index (χ0v) is 6.85. The first-order chi connectivity index (χ1) is 5.24. The van der Waals surface area contributed by atoms with Crippen LogP contribution in [0.25, 0.3) is 0 Å². The number of likely N-dealkylation sites (N-methyl/N-ethyl adjacent to an activating group) is 1. The SMILES string of the molecule is CNCC1=NCC(C(C)=O)N1. The summed E-state index contributed by atoms with van der Waals surface area (Å²) in [5.74, 6) is 1.03. The zero-order valence-electron chi connectivity index (χ0n) is 6.85. The summed E-state index contributed by atoms with van der Waals surface area (Å²) in [4.78, 5) is 15.0. The Kier molecular flexibility index (Phi) is 2.59. The van der Waals surface area contributed by atoms with Crippen molar-refractivity contribution in [1.82, 2.24) is 10.6 Å². The van der Waals surface area contributed by atoms with Crippen LogP contribution in [0.4, 0.5) is 0 Å². The normalized spacial score (nSPS) is 22.7. The minimum atomic E-state index is -0.0849. The van der Waals surface area contributed by atoms with Gasteiger partial charge in [-0.1, -0.05) is 0 Å². The van der Waals surface area contributed by atoms with Crippen molar-refractivity contribution in [3.05, 3.63) is 0 Å². The van der Waals surface area contributed by atoms with Crippen LogP contribution in [0.2, 0.25) is 0 Å². The molecule has 0 aromatic rings. The maximum atomic E-state index is 10.8. The van der Waals surface area contributed by atoms with Crippen LogP contribution in [-0.2, 0) is 4.79 Å². The van der Waals surface area contributed by atoms with Crippen molar-refractivity contribution in [2.75, 3.05) is 20.1 Å². The number of hydrogen-bond donors (Lipinski definition) is 2. The minimum Gasteiger partial charge on any atom is -0.361 e. The number of nitrogens with zero attached hydrogens (tertiary/aromatic N) is 1. The molecule has 0 bridgehead atoms. The highest BCUT2D eigenvalue weighted by molar-refractivity contribution is 5.93. The summed E-state index contributed by atoms with van der Waals surface area (Å²) in [5.41, 5.74) is 0. The van der Waals surface area contributed by atoms with Gasteiger partial charge in [-0.15, -0.1) is 0 Å². The van der Waals surface area contributed by atoms with Crippen LogP contribution in [0.15, 0.2) is 4.99 Å². The van der Waals surface area contributed by atoms with Crippen molar-refractivity contribution >= 4 is 11.6 Å². The fraction of sp³-hybridized carbons (Fsp3) is 0.714. The molecule has 0 radical (unpaired) electrons. The maximum absolute atomic E-state index is 10.8. The highest BCUT2D eigenvalue weighted by Crippen LogP contribution is 1.95. The Labute approximate surface area is 66.1 Å². The summed E-state index contributed by atoms with van der Waals surface area (Å²) >= 11 is 0. The monoisotopic (exact) mass is 155 g/mol. The average Bonchev–Trinajstić information content (AvgIpc) is 2.37. The predicted molar refractivity (Wildman–Crippen MR) is 43.8 cm³/mol. The fourth-order valence-electron chi connectivity index (χ4n) is 0.998. The first kappa shape index (κ1) is 8.20. The topological polar surface area (TPSA) is 53.5 Å². The number of carbonyl (C=O) groups is 1. The van der Waals surface area contributed by atoms with E-state index in [1.165, 1.54) is 0 Å². The van der Waals surface area contributed by atoms with Crippen molar-refractivity contribution in [2.45, 2.75) is 13.0 Å². The van der Waals surface area contributed by atoms with Gasteiger partial charge in [0, 0.05) is 0 Å². The molecule has 1 heterocycles. The quantitative estimate of drug-likeness (QED) is 0.559. The molecular weight excluding hydrogens is 142 g/mol. The molecular formula is C7H13N3O. The van der Waals surface area contributed by atoms with Crippen LogP contribution in [0.5, 0.6) is 0 Å². The summed E-state index contributed by atoms with van der Waals surface area (Å²) in [7, 11) is 1.85. The van der Waals surface area contributed by atoms with Gasteiger partial charge >= 0.3 is 0 Å². The van der Waals surface area contributed by atoms with Crippen LogP contribution in [0.3, 0.4) is 0 Å². The standard InChI is InChI=1S/C7H13N3O/c1-5(11)6-3-9-7(10-6)4-8-2/h6,8H,3-4H2,1-2H3,(H,9,10). The first-order valence-corrected chi connectivity index (χ1v) is 3.69. The molecule has 1 atom stereocenters. The Balaban J connectivity index is 2.36. The van der Waals surface area contributed by atoms with Gasteiger partial charge in [-0.05, 0) is 14.0 Å². The third kappa shape index (κ3) is 2.01. The zero-order chi connectivity index (χ0) is 8.27. The molecule has 1 rings (SSSR count). The minimum absolute atomic E-state index is 0.0849. The van der Waals surface area contributed by atoms with E-state index in [1.54, 1.807) is 6.92 Å². The summed E-state index contributed by atoms with van der Waals surface area (Å²) in [6, 6.07) is -0.0849. The van der Waals surface area contributed by atoms with Crippen molar-refractivity contribution in [2.24, 2.45) is 4.99 Å². The van der Waals surface area contributed by atoms with Crippen molar-refractivity contribution in [3.63, 3.8) is 0 Å². The third-order valence-electron chi connectivity index (χ3n) is 1.64. The van der Waals surface area contributed by atoms with Gasteiger partial charge in [0.15, 0.2) is 5.78 Å². The van der Waals surface area contributed by atoms with E-state index in [2.05, 4.69) is 15.6 Å². The summed E-state index contributed by atoms with van der Waals surface area (Å²) in [6.45, 7) is 2.88. The smallest absolute Gasteiger partial charge is 0.153 e. The number of nitrogens with one attached hydrogen (secondary N) is 2. The second-order valence-corrected chi connectivity index (χ2v) is 2.63. The average molecular weight is 155 g/mol. The highest BCUT2D eigenvalue weighted by atomic mass is 16.1. The van der Waals surface area contributed by atoms with Gasteiger partial charge in [-0.3, -0.25) is 9.79 Å². The van der Waals surface area contributed by atoms with Gasteiger partial charge in [0.05, 0.1) is 13.1 Å². The highest BCUT2D eigenvalue weighted by Gasteiger charge is 2.19. The second-order valence-electron chi connectivity index (χ2n) is 2.63. The van der Waals surface area contributed by atoms with E-state index in [9.17, 15) is 4.79 Å². The van der Waals surface area contributed by atoms with Gasteiger partial charge < -0.3 is 10.6 Å². The van der Waals surface area contributed by atoms with Gasteiger partial charge in [0.2, 0.25) is 0 Å². The lowest BCUT2D eigenvalue weighted by Crippen LogP contribution is -2.39. The van der Waals surface area contributed by atoms with E-state index < -0.39 is 0 Å². The first-order valence-electron chi connectivity index (χ1n) is 3.69. The molecule has 0 fully saturated rings. The van der Waals surface area contributed by atoms with E-state index in [-0.39, 0.29) is 11.8 Å². The lowest BCUT2D eigenvalue weighted by molar-refractivity contribution is -0.118. The second kappa shape index (κ2) is 3.48. The Morgan fingerprint density at radius 1 is 1.91 bits per heavy atom. The van der Waals surface area contributed by atoms with Crippen molar-refractivity contribution in [3.8, 4) is 0 Å². The van der Waals surface area contributed by atoms with Gasteiger partial charge in [-0.25, -0.2) is 0 Å². The van der Waals surface area contributed by atoms with Crippen molar-refractivity contribution < 1.29 is 4.79 Å². The molecule has 1 aliphatic heterocycles. The molecule has 4 nitrogen and oxygen atoms in total.